The third-order valence-electron chi connectivity index (χ3n) is 6.46. The molecule has 2 saturated heterocycles. The highest BCUT2D eigenvalue weighted by Gasteiger charge is 2.58. The lowest BCUT2D eigenvalue weighted by atomic mass is 9.96. The number of Topliss-reactive ketones (excluding diaryl/α,β-unsaturated/α-hetero) is 2. The topological polar surface area (TPSA) is 317 Å². The number of nitrogens with one attached hydrogen (secondary N) is 3. The summed E-state index contributed by atoms with van der Waals surface area (Å²) in [6.45, 7) is 1.77. The molecule has 246 valence electrons. The van der Waals surface area contributed by atoms with Crippen molar-refractivity contribution in [2.24, 2.45) is 5.16 Å². The van der Waals surface area contributed by atoms with E-state index in [0.29, 0.717) is 5.06 Å². The average molecular weight is 677 g/mol. The molecule has 21 nitrogen and oxygen atoms in total. The molecule has 0 bridgehead atoms. The number of ketones is 2. The number of oxime groups is 1. The predicted octanol–water partition coefficient (Wildman–Crippen LogP) is -3.62. The molecule has 1 unspecified atom stereocenters. The minimum atomic E-state index is -5.35. The molecule has 2 aliphatic rings. The quantitative estimate of drug-likeness (QED) is 0.0369. The number of rotatable bonds is 12. The summed E-state index contributed by atoms with van der Waals surface area (Å²) in [4.78, 5) is 94.5. The molecule has 2 fully saturated rings. The molecule has 3 heterocycles. The van der Waals surface area contributed by atoms with Crippen LogP contribution in [0.4, 0.5) is 5.13 Å². The van der Waals surface area contributed by atoms with Crippen LogP contribution < -0.4 is 21.7 Å². The molecule has 1 aromatic rings. The van der Waals surface area contributed by atoms with Crippen LogP contribution >= 0.6 is 11.3 Å². The molecule has 0 spiro atoms. The zero-order valence-electron chi connectivity index (χ0n) is 23.7. The number of aromatic nitrogens is 1. The van der Waals surface area contributed by atoms with Crippen molar-refractivity contribution in [2.45, 2.75) is 57.0 Å². The Morgan fingerprint density at radius 3 is 2.44 bits per heavy atom. The lowest BCUT2D eigenvalue weighted by Gasteiger charge is -2.49. The molecule has 0 aliphatic carbocycles. The second-order valence-corrected chi connectivity index (χ2v) is 12.5. The van der Waals surface area contributed by atoms with E-state index in [9.17, 15) is 56.8 Å². The monoisotopic (exact) mass is 676 g/mol. The third-order valence-corrected chi connectivity index (χ3v) is 8.15. The van der Waals surface area contributed by atoms with E-state index in [-0.39, 0.29) is 15.1 Å². The van der Waals surface area contributed by atoms with E-state index in [1.807, 2.05) is 0 Å². The molecular formula is C22H28N8O13S2. The minimum Gasteiger partial charge on any atom is -0.478 e. The lowest BCUT2D eigenvalue weighted by Crippen LogP contribution is -2.77. The van der Waals surface area contributed by atoms with Crippen molar-refractivity contribution in [3.63, 3.8) is 0 Å². The van der Waals surface area contributed by atoms with Gasteiger partial charge in [-0.05, 0) is 20.8 Å². The van der Waals surface area contributed by atoms with Gasteiger partial charge in [0.15, 0.2) is 16.5 Å². The van der Waals surface area contributed by atoms with Crippen LogP contribution in [0.15, 0.2) is 10.5 Å². The van der Waals surface area contributed by atoms with Gasteiger partial charge >= 0.3 is 16.3 Å². The Kier molecular flexibility index (Phi) is 9.93. The predicted molar refractivity (Wildman–Crippen MR) is 147 cm³/mol. The Bertz CT molecular complexity index is 1590. The number of thiazole rings is 1. The van der Waals surface area contributed by atoms with Crippen molar-refractivity contribution < 1.29 is 61.7 Å². The number of aliphatic carboxylic acids is 1. The van der Waals surface area contributed by atoms with Crippen LogP contribution in [0.3, 0.4) is 0 Å². The molecule has 1 aromatic heterocycles. The van der Waals surface area contributed by atoms with Crippen molar-refractivity contribution in [3.05, 3.63) is 11.1 Å². The zero-order valence-corrected chi connectivity index (χ0v) is 25.3. The Morgan fingerprint density at radius 1 is 1.27 bits per heavy atom. The molecule has 0 radical (unpaired) electrons. The summed E-state index contributed by atoms with van der Waals surface area (Å²) in [5, 5.41) is 30.9. The number of nitrogens with two attached hydrogens (primary N) is 1. The summed E-state index contributed by atoms with van der Waals surface area (Å²) in [5.74, 6) is -7.79. The van der Waals surface area contributed by atoms with Gasteiger partial charge in [-0.3, -0.25) is 33.3 Å². The van der Waals surface area contributed by atoms with Crippen LogP contribution in [0, 0.1) is 0 Å². The molecule has 8 N–H and O–H groups in total. The number of β-lactam (4-membered cyclic amide) rings is 1. The standard InChI is InChI=1S/C22H28N8O13S2/c1-9(25-17(35)11-4-12(31)13(32)6-29(11)39)16(34)24-8-22(5-14(33)30(22)45(40,41)42)27-18(36)15(10-7-44-20(23)26-10)28-43-21(2,3)19(37)38/h7,9,11,39H,4-6,8H2,1-3H3,(H2,23,26)(H,24,34)(H,25,35)(H,27,36)(H,37,38)(H,40,41,42)/t9-,11?,22+/m0/s1. The first kappa shape index (κ1) is 34.9. The van der Waals surface area contributed by atoms with E-state index < -0.39 is 106 Å². The third kappa shape index (κ3) is 7.75. The van der Waals surface area contributed by atoms with Gasteiger partial charge in [0.25, 0.3) is 5.91 Å². The number of carboxylic acid groups (broad SMARTS) is 1. The van der Waals surface area contributed by atoms with Crippen LogP contribution in [0.5, 0.6) is 0 Å². The van der Waals surface area contributed by atoms with Crippen LogP contribution in [0.2, 0.25) is 0 Å². The number of carbonyl (C=O) groups excluding carboxylic acids is 6. The van der Waals surface area contributed by atoms with Gasteiger partial charge < -0.3 is 36.8 Å². The Morgan fingerprint density at radius 2 is 1.91 bits per heavy atom. The number of anilines is 1. The largest absolute Gasteiger partial charge is 0.478 e. The SMILES string of the molecule is C[C@H](NC(=O)C1CC(=O)C(=O)CN1O)C(=O)NC[C@@]1(NC(=O)C(=NOC(C)(C)C(=O)O)c2csc(N)n2)CC(=O)N1S(=O)(=O)O. The van der Waals surface area contributed by atoms with Crippen molar-refractivity contribution in [3.8, 4) is 0 Å². The van der Waals surface area contributed by atoms with Gasteiger partial charge in [0, 0.05) is 11.8 Å². The van der Waals surface area contributed by atoms with Crippen LogP contribution in [-0.4, -0.2) is 121 Å². The Hall–Kier alpha value is -4.58. The second kappa shape index (κ2) is 12.8. The van der Waals surface area contributed by atoms with E-state index in [1.54, 1.807) is 0 Å². The van der Waals surface area contributed by atoms with Gasteiger partial charge in [-0.1, -0.05) is 5.16 Å². The fraction of sp³-hybridized carbons (Fsp3) is 0.500. The average Bonchev–Trinajstić information content (AvgIpc) is 3.33. The number of amides is 4. The maximum Gasteiger partial charge on any atom is 0.364 e. The molecule has 45 heavy (non-hydrogen) atoms. The number of carbonyl (C=O) groups is 7. The highest BCUT2D eigenvalue weighted by Crippen LogP contribution is 2.32. The smallest absolute Gasteiger partial charge is 0.364 e. The normalized spacial score (nSPS) is 21.9. The van der Waals surface area contributed by atoms with Crippen LogP contribution in [0.1, 0.15) is 39.3 Å². The maximum absolute atomic E-state index is 13.4. The first-order valence-electron chi connectivity index (χ1n) is 12.6. The lowest BCUT2D eigenvalue weighted by molar-refractivity contribution is -0.173. The minimum absolute atomic E-state index is 0.0482. The van der Waals surface area contributed by atoms with Crippen molar-refractivity contribution in [1.82, 2.24) is 30.3 Å². The van der Waals surface area contributed by atoms with E-state index in [2.05, 4.69) is 26.1 Å². The summed E-state index contributed by atoms with van der Waals surface area (Å²) in [6, 6.07) is -2.90. The molecule has 23 heteroatoms. The Labute approximate surface area is 257 Å². The fourth-order valence-electron chi connectivity index (χ4n) is 3.96. The van der Waals surface area contributed by atoms with Gasteiger partial charge in [0.05, 0.1) is 19.5 Å². The number of nitrogen functional groups attached to an aromatic ring is 1. The first-order chi connectivity index (χ1) is 20.7. The van der Waals surface area contributed by atoms with Gasteiger partial charge in [-0.2, -0.15) is 17.8 Å². The van der Waals surface area contributed by atoms with Gasteiger partial charge in [-0.15, -0.1) is 11.3 Å². The highest BCUT2D eigenvalue weighted by atomic mass is 32.2. The van der Waals surface area contributed by atoms with E-state index in [0.717, 1.165) is 25.2 Å². The van der Waals surface area contributed by atoms with Crippen molar-refractivity contribution in [2.75, 3.05) is 18.8 Å². The highest BCUT2D eigenvalue weighted by molar-refractivity contribution is 7.84. The first-order valence-corrected chi connectivity index (χ1v) is 14.9. The van der Waals surface area contributed by atoms with Crippen molar-refractivity contribution >= 4 is 73.6 Å². The molecule has 4 amide bonds. The maximum atomic E-state index is 13.4. The number of hydroxylamine groups is 2. The number of hydrogen-bond donors (Lipinski definition) is 7. The fourth-order valence-corrected chi connectivity index (χ4v) is 5.45. The summed E-state index contributed by atoms with van der Waals surface area (Å²) in [6.07, 6.45) is -1.44. The summed E-state index contributed by atoms with van der Waals surface area (Å²) in [5.41, 5.74) is 0.359. The molecular weight excluding hydrogens is 648 g/mol. The molecule has 3 rings (SSSR count). The molecule has 0 saturated carbocycles. The molecule has 3 atom stereocenters. The van der Waals surface area contributed by atoms with Crippen LogP contribution in [0.25, 0.3) is 0 Å². The molecule has 2 aliphatic heterocycles. The van der Waals surface area contributed by atoms with E-state index in [1.165, 1.54) is 12.3 Å². The summed E-state index contributed by atoms with van der Waals surface area (Å²) in [7, 11) is -5.35. The van der Waals surface area contributed by atoms with E-state index in [4.69, 9.17) is 10.6 Å². The summed E-state index contributed by atoms with van der Waals surface area (Å²) >= 11 is 0.853. The zero-order chi connectivity index (χ0) is 34.1. The second-order valence-electron chi connectivity index (χ2n) is 10.3. The number of nitrogens with zero attached hydrogens (tertiary/aromatic N) is 4. The van der Waals surface area contributed by atoms with Crippen molar-refractivity contribution in [1.29, 1.82) is 0 Å². The van der Waals surface area contributed by atoms with E-state index >= 15 is 0 Å². The Balaban J connectivity index is 1.83. The molecule has 0 aromatic carbocycles. The van der Waals surface area contributed by atoms with Gasteiger partial charge in [-0.25, -0.2) is 9.78 Å². The number of hydrogen-bond acceptors (Lipinski definition) is 16. The van der Waals surface area contributed by atoms with Crippen LogP contribution in [-0.2, 0) is 48.7 Å². The van der Waals surface area contributed by atoms with Gasteiger partial charge in [0.1, 0.15) is 17.8 Å². The number of carboxylic acids is 1. The van der Waals surface area contributed by atoms with Gasteiger partial charge in [0.2, 0.25) is 34.9 Å². The number of piperidine rings is 1. The summed E-state index contributed by atoms with van der Waals surface area (Å²) < 4.78 is 33.8.